The van der Waals surface area contributed by atoms with Crippen molar-refractivity contribution < 1.29 is 38.4 Å². The molecule has 0 saturated carbocycles. The molecule has 0 N–H and O–H groups in total. The summed E-state index contributed by atoms with van der Waals surface area (Å²) >= 11 is 0. The predicted molar refractivity (Wildman–Crippen MR) is 94.0 cm³/mol. The molecule has 0 atom stereocenters. The predicted octanol–water partition coefficient (Wildman–Crippen LogP) is 3.87. The zero-order valence-electron chi connectivity index (χ0n) is 16.4. The summed E-state index contributed by atoms with van der Waals surface area (Å²) in [5, 5.41) is 0. The van der Waals surface area contributed by atoms with Crippen LogP contribution in [0.2, 0.25) is 0 Å². The van der Waals surface area contributed by atoms with Gasteiger partial charge >= 0.3 is 19.5 Å². The Kier molecular flexibility index (Phi) is 16.6. The third kappa shape index (κ3) is 23.0. The fourth-order valence-corrected chi connectivity index (χ4v) is 7.12. The molecule has 23 heavy (non-hydrogen) atoms. The van der Waals surface area contributed by atoms with Gasteiger partial charge in [-0.1, -0.05) is 55.4 Å². The molecule has 0 spiro atoms. The second-order valence-corrected chi connectivity index (χ2v) is 12.7. The second kappa shape index (κ2) is 13.2. The molecule has 7 heteroatoms. The van der Waals surface area contributed by atoms with Crippen molar-refractivity contribution in [1.82, 2.24) is 0 Å². The van der Waals surface area contributed by atoms with Gasteiger partial charge in [0.25, 0.3) is 0 Å². The molecule has 136 valence electrons. The van der Waals surface area contributed by atoms with E-state index in [-0.39, 0.29) is 43.1 Å². The van der Waals surface area contributed by atoms with Crippen molar-refractivity contribution in [2.75, 3.05) is 24.6 Å². The van der Waals surface area contributed by atoms with E-state index >= 15 is 0 Å². The van der Waals surface area contributed by atoms with Crippen LogP contribution >= 0.6 is 14.7 Å². The molecule has 4 nitrogen and oxygen atoms in total. The van der Waals surface area contributed by atoms with Crippen molar-refractivity contribution in [2.24, 2.45) is 23.7 Å². The van der Waals surface area contributed by atoms with Gasteiger partial charge in [-0.25, -0.2) is 0 Å². The van der Waals surface area contributed by atoms with E-state index in [1.165, 1.54) is 0 Å². The van der Waals surface area contributed by atoms with Gasteiger partial charge in [-0.3, -0.25) is 0 Å². The van der Waals surface area contributed by atoms with Crippen LogP contribution in [0.1, 0.15) is 55.4 Å². The summed E-state index contributed by atoms with van der Waals surface area (Å²) in [6.07, 6.45) is 1.41. The number of rotatable bonds is 8. The van der Waals surface area contributed by atoms with Gasteiger partial charge in [0, 0.05) is 14.7 Å². The van der Waals surface area contributed by atoms with Crippen LogP contribution in [0.25, 0.3) is 0 Å². The molecule has 0 unspecified atom stereocenters. The smallest absolute Gasteiger partial charge is 0.799 e. The summed E-state index contributed by atoms with van der Waals surface area (Å²) < 4.78 is 22.6. The summed E-state index contributed by atoms with van der Waals surface area (Å²) in [6, 6.07) is 0. The number of hydrogen-bond acceptors (Lipinski definition) is 4. The molecule has 0 aromatic rings. The quantitative estimate of drug-likeness (QED) is 0.442. The molecule has 0 saturated heterocycles. The first-order valence-corrected chi connectivity index (χ1v) is 12.2. The van der Waals surface area contributed by atoms with Crippen LogP contribution in [-0.2, 0) is 28.6 Å². The molecule has 0 aromatic heterocycles. The maximum Gasteiger partial charge on any atom is 2.00 e. The molecule has 0 aliphatic carbocycles. The van der Waals surface area contributed by atoms with Gasteiger partial charge in [-0.2, -0.15) is 0 Å². The van der Waals surface area contributed by atoms with Crippen LogP contribution in [0.3, 0.4) is 0 Å². The first kappa shape index (κ1) is 28.8. The van der Waals surface area contributed by atoms with E-state index in [0.29, 0.717) is 24.6 Å². The van der Waals surface area contributed by atoms with Gasteiger partial charge in [0.05, 0.1) is 0 Å². The van der Waals surface area contributed by atoms with Crippen LogP contribution in [0.15, 0.2) is 0 Å². The SMILES string of the molecule is CC(C)CP(=O)([O-])CC(C)C.CC(C)CP(=O)([O-])CC(C)C.[Zn+2]. The standard InChI is InChI=1S/2C8H19O2P.Zn/c2*1-7(2)5-11(9,10)6-8(3)4;/h2*7-8H,5-6H2,1-4H3,(H,9,10);/q;;+2/p-2. The Hall–Kier alpha value is 1.00. The summed E-state index contributed by atoms with van der Waals surface area (Å²) in [5.41, 5.74) is 0. The third-order valence-corrected chi connectivity index (χ3v) is 7.72. The maximum absolute atomic E-state index is 11.3. The minimum absolute atomic E-state index is 0. The largest absolute Gasteiger partial charge is 2.00 e. The number of hydrogen-bond donors (Lipinski definition) is 0. The Bertz CT molecular complexity index is 318. The minimum Gasteiger partial charge on any atom is -0.799 e. The van der Waals surface area contributed by atoms with Crippen molar-refractivity contribution in [3.05, 3.63) is 0 Å². The first-order chi connectivity index (χ1) is 9.67. The summed E-state index contributed by atoms with van der Waals surface area (Å²) in [7, 11) is -6.11. The zero-order chi connectivity index (χ0) is 18.1. The molecule has 0 fully saturated rings. The molecule has 0 aromatic carbocycles. The van der Waals surface area contributed by atoms with Gasteiger partial charge < -0.3 is 18.9 Å². The maximum atomic E-state index is 11.3. The van der Waals surface area contributed by atoms with E-state index in [0.717, 1.165) is 0 Å². The van der Waals surface area contributed by atoms with E-state index in [4.69, 9.17) is 0 Å². The Balaban J connectivity index is -0.000000333. The molecule has 0 aliphatic heterocycles. The Morgan fingerprint density at radius 1 is 0.565 bits per heavy atom. The molecule has 0 aliphatic rings. The molecule has 0 amide bonds. The fraction of sp³-hybridized carbons (Fsp3) is 1.00. The van der Waals surface area contributed by atoms with Crippen molar-refractivity contribution in [3.63, 3.8) is 0 Å². The van der Waals surface area contributed by atoms with Crippen molar-refractivity contribution in [2.45, 2.75) is 55.4 Å². The molecular formula is C16H36O4P2Zn. The van der Waals surface area contributed by atoms with Crippen LogP contribution in [0, 0.1) is 23.7 Å². The molecule has 0 rings (SSSR count). The third-order valence-electron chi connectivity index (χ3n) is 2.57. The van der Waals surface area contributed by atoms with Gasteiger partial charge in [0.1, 0.15) is 0 Å². The van der Waals surface area contributed by atoms with Crippen molar-refractivity contribution in [3.8, 4) is 0 Å². The normalized spacial score (nSPS) is 12.4. The van der Waals surface area contributed by atoms with Gasteiger partial charge in [-0.05, 0) is 48.3 Å². The monoisotopic (exact) mass is 418 g/mol. The Labute approximate surface area is 156 Å². The first-order valence-electron chi connectivity index (χ1n) is 8.25. The van der Waals surface area contributed by atoms with Crippen molar-refractivity contribution in [1.29, 1.82) is 0 Å². The van der Waals surface area contributed by atoms with E-state index < -0.39 is 14.7 Å². The average Bonchev–Trinajstić information content (AvgIpc) is 2.06. The summed E-state index contributed by atoms with van der Waals surface area (Å²) in [4.78, 5) is 22.6. The average molecular weight is 420 g/mol. The fourth-order valence-electron chi connectivity index (χ4n) is 2.37. The van der Waals surface area contributed by atoms with E-state index in [1.54, 1.807) is 0 Å². The Morgan fingerprint density at radius 2 is 0.696 bits per heavy atom. The van der Waals surface area contributed by atoms with Gasteiger partial charge in [-0.15, -0.1) is 0 Å². The molecule has 0 bridgehead atoms. The Morgan fingerprint density at radius 3 is 0.783 bits per heavy atom. The van der Waals surface area contributed by atoms with Crippen LogP contribution in [-0.4, -0.2) is 24.6 Å². The molecular weight excluding hydrogens is 384 g/mol. The topological polar surface area (TPSA) is 80.3 Å². The summed E-state index contributed by atoms with van der Waals surface area (Å²) in [5.74, 6) is 1.04. The minimum atomic E-state index is -3.05. The molecule has 0 radical (unpaired) electrons. The van der Waals surface area contributed by atoms with Crippen LogP contribution in [0.4, 0.5) is 0 Å². The van der Waals surface area contributed by atoms with Crippen LogP contribution < -0.4 is 9.79 Å². The summed E-state index contributed by atoms with van der Waals surface area (Å²) in [6.45, 7) is 15.5. The van der Waals surface area contributed by atoms with Gasteiger partial charge in [0.2, 0.25) is 0 Å². The van der Waals surface area contributed by atoms with Gasteiger partial charge in [0.15, 0.2) is 0 Å². The molecule has 0 heterocycles. The van der Waals surface area contributed by atoms with Crippen LogP contribution in [0.5, 0.6) is 0 Å². The zero-order valence-corrected chi connectivity index (χ0v) is 21.1. The van der Waals surface area contributed by atoms with Crippen molar-refractivity contribution >= 4 is 14.7 Å². The van der Waals surface area contributed by atoms with E-state index in [2.05, 4.69) is 0 Å². The van der Waals surface area contributed by atoms with E-state index in [9.17, 15) is 18.9 Å². The van der Waals surface area contributed by atoms with E-state index in [1.807, 2.05) is 55.4 Å². The second-order valence-electron chi connectivity index (χ2n) is 7.93.